The molecule has 3 aromatic rings. The van der Waals surface area contributed by atoms with E-state index >= 15 is 0 Å². The third-order valence-corrected chi connectivity index (χ3v) is 5.01. The summed E-state index contributed by atoms with van der Waals surface area (Å²) >= 11 is 0. The quantitative estimate of drug-likeness (QED) is 0.612. The van der Waals surface area contributed by atoms with Gasteiger partial charge in [0, 0.05) is 37.5 Å². The maximum Gasteiger partial charge on any atom is 0.471 e. The summed E-state index contributed by atoms with van der Waals surface area (Å²) in [6.45, 7) is 1.20. The molecule has 4 rings (SSSR count). The van der Waals surface area contributed by atoms with Gasteiger partial charge in [-0.15, -0.1) is 0 Å². The van der Waals surface area contributed by atoms with E-state index in [1.807, 2.05) is 0 Å². The number of carbonyl (C=O) groups is 2. The first-order valence-corrected chi connectivity index (χ1v) is 9.89. The average Bonchev–Trinajstić information content (AvgIpc) is 3.47. The number of nitrogens with zero attached hydrogens (tertiary/aromatic N) is 5. The third kappa shape index (κ3) is 5.03. The summed E-state index contributed by atoms with van der Waals surface area (Å²) in [4.78, 5) is 30.3. The van der Waals surface area contributed by atoms with Gasteiger partial charge in [-0.05, 0) is 12.1 Å². The molecule has 1 aliphatic rings. The highest BCUT2D eigenvalue weighted by Gasteiger charge is 2.38. The molecular weight excluding hydrogens is 445 g/mol. The van der Waals surface area contributed by atoms with Gasteiger partial charge in [0.2, 0.25) is 5.82 Å². The van der Waals surface area contributed by atoms with Crippen LogP contribution in [0.1, 0.15) is 26.6 Å². The molecule has 0 bridgehead atoms. The molecule has 0 saturated carbocycles. The first kappa shape index (κ1) is 22.5. The molecule has 1 saturated heterocycles. The van der Waals surface area contributed by atoms with Gasteiger partial charge in [0.1, 0.15) is 0 Å². The van der Waals surface area contributed by atoms with Gasteiger partial charge >= 0.3 is 12.1 Å². The zero-order valence-corrected chi connectivity index (χ0v) is 17.4. The molecule has 0 radical (unpaired) electrons. The van der Waals surface area contributed by atoms with Crippen molar-refractivity contribution in [2.75, 3.05) is 26.3 Å². The molecule has 10 nitrogen and oxygen atoms in total. The number of amides is 2. The average molecular weight is 464 g/mol. The Hall–Kier alpha value is -3.74. The largest absolute Gasteiger partial charge is 0.471 e. The van der Waals surface area contributed by atoms with Gasteiger partial charge in [-0.2, -0.15) is 23.3 Å². The first-order chi connectivity index (χ1) is 15.7. The zero-order valence-electron chi connectivity index (χ0n) is 17.4. The number of halogens is 3. The van der Waals surface area contributed by atoms with Crippen molar-refractivity contribution >= 4 is 11.8 Å². The van der Waals surface area contributed by atoms with Crippen LogP contribution in [0.5, 0.6) is 0 Å². The van der Waals surface area contributed by atoms with Gasteiger partial charge in [0.05, 0.1) is 31.0 Å². The molecule has 3 heterocycles. The Balaban J connectivity index is 1.38. The lowest BCUT2D eigenvalue weighted by atomic mass is 10.1. The van der Waals surface area contributed by atoms with E-state index in [1.54, 1.807) is 18.1 Å². The van der Waals surface area contributed by atoms with E-state index in [-0.39, 0.29) is 42.1 Å². The third-order valence-electron chi connectivity index (χ3n) is 5.01. The smallest absolute Gasteiger partial charge is 0.377 e. The molecule has 1 aromatic carbocycles. The molecule has 2 amide bonds. The van der Waals surface area contributed by atoms with Gasteiger partial charge in [-0.3, -0.25) is 14.3 Å². The Kier molecular flexibility index (Phi) is 6.14. The molecule has 33 heavy (non-hydrogen) atoms. The monoisotopic (exact) mass is 464 g/mol. The molecule has 1 fully saturated rings. The van der Waals surface area contributed by atoms with E-state index in [9.17, 15) is 22.8 Å². The number of morpholine rings is 1. The number of nitrogens with one attached hydrogen (secondary N) is 1. The van der Waals surface area contributed by atoms with Gasteiger partial charge in [-0.1, -0.05) is 17.3 Å². The lowest BCUT2D eigenvalue weighted by Gasteiger charge is -2.35. The summed E-state index contributed by atoms with van der Waals surface area (Å²) in [5.74, 6) is -2.30. The highest BCUT2D eigenvalue weighted by molar-refractivity contribution is 5.95. The fraction of sp³-hybridized carbons (Fsp3) is 0.350. The fourth-order valence-electron chi connectivity index (χ4n) is 3.33. The second kappa shape index (κ2) is 9.02. The second-order valence-corrected chi connectivity index (χ2v) is 7.34. The van der Waals surface area contributed by atoms with Crippen LogP contribution in [-0.2, 0) is 18.0 Å². The van der Waals surface area contributed by atoms with E-state index in [0.29, 0.717) is 18.7 Å². The van der Waals surface area contributed by atoms with Gasteiger partial charge in [0.15, 0.2) is 0 Å². The number of aromatic nitrogens is 4. The molecular formula is C20H19F3N6O4. The lowest BCUT2D eigenvalue weighted by molar-refractivity contribution is -0.159. The van der Waals surface area contributed by atoms with Crippen molar-refractivity contribution < 1.29 is 32.0 Å². The lowest BCUT2D eigenvalue weighted by Crippen LogP contribution is -2.53. The normalized spacial score (nSPS) is 16.6. The van der Waals surface area contributed by atoms with Crippen LogP contribution in [0.25, 0.3) is 11.4 Å². The van der Waals surface area contributed by atoms with Crippen LogP contribution >= 0.6 is 0 Å². The number of aryl methyl sites for hydroxylation is 1. The van der Waals surface area contributed by atoms with Crippen LogP contribution < -0.4 is 5.32 Å². The Morgan fingerprint density at radius 3 is 2.61 bits per heavy atom. The van der Waals surface area contributed by atoms with Crippen molar-refractivity contribution in [3.63, 3.8) is 0 Å². The topological polar surface area (TPSA) is 115 Å². The SMILES string of the molecule is Cn1cc(C(=O)N2CCOCC2CNC(=O)c2ccc(-c3noc(C(F)(F)F)n3)cc2)cn1. The Bertz CT molecular complexity index is 1140. The van der Waals surface area contributed by atoms with E-state index in [2.05, 4.69) is 25.1 Å². The Morgan fingerprint density at radius 2 is 1.97 bits per heavy atom. The van der Waals surface area contributed by atoms with Gasteiger partial charge < -0.3 is 19.5 Å². The molecule has 0 spiro atoms. The van der Waals surface area contributed by atoms with E-state index in [0.717, 1.165) is 0 Å². The minimum Gasteiger partial charge on any atom is -0.377 e. The van der Waals surface area contributed by atoms with E-state index in [4.69, 9.17) is 4.74 Å². The number of benzene rings is 1. The van der Waals surface area contributed by atoms with Crippen LogP contribution in [0.2, 0.25) is 0 Å². The van der Waals surface area contributed by atoms with Crippen LogP contribution in [0.3, 0.4) is 0 Å². The summed E-state index contributed by atoms with van der Waals surface area (Å²) in [6, 6.07) is 5.34. The predicted octanol–water partition coefficient (Wildman–Crippen LogP) is 1.76. The number of hydrogen-bond donors (Lipinski definition) is 1. The second-order valence-electron chi connectivity index (χ2n) is 7.34. The van der Waals surface area contributed by atoms with Crippen molar-refractivity contribution in [1.82, 2.24) is 30.1 Å². The van der Waals surface area contributed by atoms with Crippen molar-refractivity contribution in [2.24, 2.45) is 7.05 Å². The minimum absolute atomic E-state index is 0.159. The standard InChI is InChI=1S/C20H19F3N6O4/c1-28-10-14(8-25-28)18(31)29-6-7-32-11-15(29)9-24-17(30)13-4-2-12(3-5-13)16-26-19(33-27-16)20(21,22)23/h2-5,8,10,15H,6-7,9,11H2,1H3,(H,24,30). The highest BCUT2D eigenvalue weighted by Crippen LogP contribution is 2.29. The molecule has 174 valence electrons. The maximum atomic E-state index is 12.8. The minimum atomic E-state index is -4.74. The Labute approximate surface area is 185 Å². The fourth-order valence-corrected chi connectivity index (χ4v) is 3.33. The number of alkyl halides is 3. The molecule has 1 aliphatic heterocycles. The van der Waals surface area contributed by atoms with Crippen molar-refractivity contribution in [1.29, 1.82) is 0 Å². The zero-order chi connectivity index (χ0) is 23.6. The molecule has 0 aliphatic carbocycles. The first-order valence-electron chi connectivity index (χ1n) is 9.89. The highest BCUT2D eigenvalue weighted by atomic mass is 19.4. The summed E-state index contributed by atoms with van der Waals surface area (Å²) in [5.41, 5.74) is 0.987. The van der Waals surface area contributed by atoms with Crippen LogP contribution in [-0.4, -0.2) is 69.0 Å². The van der Waals surface area contributed by atoms with Gasteiger partial charge in [0.25, 0.3) is 11.8 Å². The number of hydrogen-bond acceptors (Lipinski definition) is 7. The molecule has 1 N–H and O–H groups in total. The number of rotatable bonds is 5. The molecule has 1 atom stereocenters. The number of ether oxygens (including phenoxy) is 1. The number of carbonyl (C=O) groups excluding carboxylic acids is 2. The van der Waals surface area contributed by atoms with Crippen LogP contribution in [0, 0.1) is 0 Å². The summed E-state index contributed by atoms with van der Waals surface area (Å²) < 4.78 is 49.1. The van der Waals surface area contributed by atoms with Crippen molar-refractivity contribution in [3.8, 4) is 11.4 Å². The summed E-state index contributed by atoms with van der Waals surface area (Å²) in [7, 11) is 1.72. The molecule has 2 aromatic heterocycles. The summed E-state index contributed by atoms with van der Waals surface area (Å²) in [5, 5.41) is 10.1. The predicted molar refractivity (Wildman–Crippen MR) is 106 cm³/mol. The maximum absolute atomic E-state index is 12.8. The molecule has 13 heteroatoms. The van der Waals surface area contributed by atoms with Crippen molar-refractivity contribution in [2.45, 2.75) is 12.2 Å². The van der Waals surface area contributed by atoms with E-state index < -0.39 is 18.0 Å². The van der Waals surface area contributed by atoms with E-state index in [1.165, 1.54) is 35.1 Å². The molecule has 1 unspecified atom stereocenters. The Morgan fingerprint density at radius 1 is 1.21 bits per heavy atom. The van der Waals surface area contributed by atoms with Crippen molar-refractivity contribution in [3.05, 3.63) is 53.7 Å². The van der Waals surface area contributed by atoms with Crippen LogP contribution in [0.4, 0.5) is 13.2 Å². The van der Waals surface area contributed by atoms with Crippen LogP contribution in [0.15, 0.2) is 41.2 Å². The van der Waals surface area contributed by atoms with Gasteiger partial charge in [-0.25, -0.2) is 0 Å². The summed E-state index contributed by atoms with van der Waals surface area (Å²) in [6.07, 6.45) is -1.63.